The average molecular weight is 139 g/mol. The fraction of sp³-hybridized carbons (Fsp3) is 0.333. The standard InChI is InChI=1S/C5H5.CH3.Ni/c1-2-4-5-3-1;;/h1-5H;1H3;. The molecule has 1 aliphatic rings. The van der Waals surface area contributed by atoms with E-state index in [0.717, 1.165) is 0 Å². The molecule has 0 atom stereocenters. The van der Waals surface area contributed by atoms with Gasteiger partial charge in [0.15, 0.2) is 0 Å². The molecule has 0 spiro atoms. The minimum atomic E-state index is 0.674. The van der Waals surface area contributed by atoms with Gasteiger partial charge in [0.2, 0.25) is 0 Å². The first-order valence-electron chi connectivity index (χ1n) is 2.17. The van der Waals surface area contributed by atoms with Crippen LogP contribution in [0, 0.1) is 0 Å². The van der Waals surface area contributed by atoms with Gasteiger partial charge >= 0.3 is 49.5 Å². The van der Waals surface area contributed by atoms with Gasteiger partial charge in [-0.25, -0.2) is 0 Å². The topological polar surface area (TPSA) is 0 Å². The van der Waals surface area contributed by atoms with Crippen molar-refractivity contribution in [1.29, 1.82) is 0 Å². The zero-order valence-electron chi connectivity index (χ0n) is 4.20. The van der Waals surface area contributed by atoms with E-state index in [2.05, 4.69) is 30.2 Å². The molecule has 0 nitrogen and oxygen atoms in total. The van der Waals surface area contributed by atoms with Crippen molar-refractivity contribution >= 4 is 0 Å². The molecule has 0 amide bonds. The van der Waals surface area contributed by atoms with E-state index in [4.69, 9.17) is 0 Å². The molecule has 0 saturated heterocycles. The summed E-state index contributed by atoms with van der Waals surface area (Å²) in [6.07, 6.45) is 8.57. The van der Waals surface area contributed by atoms with Crippen LogP contribution in [0.15, 0.2) is 24.3 Å². The van der Waals surface area contributed by atoms with Gasteiger partial charge in [-0.1, -0.05) is 0 Å². The number of rotatable bonds is 1. The first kappa shape index (κ1) is 5.12. The van der Waals surface area contributed by atoms with Crippen molar-refractivity contribution in [2.24, 2.45) is 0 Å². The molecular formula is C6H8Ni. The molecule has 0 aromatic rings. The molecule has 0 radical (unpaired) electrons. The maximum absolute atomic E-state index is 2.19. The second kappa shape index (κ2) is 2.32. The summed E-state index contributed by atoms with van der Waals surface area (Å²) >= 11 is 1.70. The van der Waals surface area contributed by atoms with E-state index in [-0.39, 0.29) is 0 Å². The van der Waals surface area contributed by atoms with Gasteiger partial charge in [-0.05, 0) is 0 Å². The minimum absolute atomic E-state index is 0.674. The molecule has 0 unspecified atom stereocenters. The molecule has 42 valence electrons. The van der Waals surface area contributed by atoms with E-state index in [1.165, 1.54) is 0 Å². The third-order valence-electron chi connectivity index (χ3n) is 0.888. The Kier molecular flexibility index (Phi) is 1.70. The second-order valence-electron chi connectivity index (χ2n) is 1.36. The van der Waals surface area contributed by atoms with Crippen molar-refractivity contribution in [3.05, 3.63) is 24.3 Å². The molecule has 1 aliphatic carbocycles. The summed E-state index contributed by atoms with van der Waals surface area (Å²) in [5, 5.41) is 0. The normalized spacial score (nSPS) is 19.6. The van der Waals surface area contributed by atoms with E-state index in [1.807, 2.05) is 0 Å². The summed E-state index contributed by atoms with van der Waals surface area (Å²) in [5.41, 5.74) is 0. The Morgan fingerprint density at radius 3 is 2.14 bits per heavy atom. The van der Waals surface area contributed by atoms with Gasteiger partial charge in [0, 0.05) is 0 Å². The Hall–Kier alpha value is -0.0265. The predicted octanol–water partition coefficient (Wildman–Crippen LogP) is 2.03. The fourth-order valence-corrected chi connectivity index (χ4v) is 1.11. The third kappa shape index (κ3) is 1.17. The monoisotopic (exact) mass is 138 g/mol. The molecule has 1 heteroatoms. The Morgan fingerprint density at radius 2 is 1.86 bits per heavy atom. The summed E-state index contributed by atoms with van der Waals surface area (Å²) < 4.78 is 0. The second-order valence-corrected chi connectivity index (χ2v) is 2.58. The van der Waals surface area contributed by atoms with E-state index >= 15 is 0 Å². The van der Waals surface area contributed by atoms with Gasteiger partial charge in [0.1, 0.15) is 0 Å². The van der Waals surface area contributed by atoms with E-state index in [1.54, 1.807) is 14.4 Å². The molecule has 0 fully saturated rings. The Balaban J connectivity index is 2.44. The Morgan fingerprint density at radius 1 is 1.29 bits per heavy atom. The molecule has 0 aliphatic heterocycles. The molecule has 0 aromatic carbocycles. The zero-order chi connectivity index (χ0) is 5.11. The van der Waals surface area contributed by atoms with Crippen LogP contribution in [0.3, 0.4) is 0 Å². The van der Waals surface area contributed by atoms with Crippen LogP contribution in [0.2, 0.25) is 10.8 Å². The summed E-state index contributed by atoms with van der Waals surface area (Å²) in [4.78, 5) is 0.674. The van der Waals surface area contributed by atoms with Crippen molar-refractivity contribution in [2.75, 3.05) is 0 Å². The van der Waals surface area contributed by atoms with Gasteiger partial charge in [-0.2, -0.15) is 0 Å². The first-order chi connectivity index (χ1) is 3.43. The number of hydrogen-bond donors (Lipinski definition) is 0. The van der Waals surface area contributed by atoms with E-state index in [9.17, 15) is 0 Å². The van der Waals surface area contributed by atoms with E-state index < -0.39 is 0 Å². The van der Waals surface area contributed by atoms with Crippen LogP contribution in [0.1, 0.15) is 0 Å². The molecule has 0 N–H and O–H groups in total. The van der Waals surface area contributed by atoms with Crippen molar-refractivity contribution in [2.45, 2.75) is 10.8 Å². The van der Waals surface area contributed by atoms with Crippen molar-refractivity contribution in [3.63, 3.8) is 0 Å². The van der Waals surface area contributed by atoms with Crippen molar-refractivity contribution in [3.8, 4) is 0 Å². The van der Waals surface area contributed by atoms with Crippen LogP contribution >= 0.6 is 0 Å². The molecule has 0 aromatic heterocycles. The van der Waals surface area contributed by atoms with Crippen molar-refractivity contribution < 1.29 is 14.4 Å². The van der Waals surface area contributed by atoms with Crippen LogP contribution in [0.4, 0.5) is 0 Å². The number of allylic oxidation sites excluding steroid dienone is 4. The van der Waals surface area contributed by atoms with E-state index in [0.29, 0.717) is 4.89 Å². The summed E-state index contributed by atoms with van der Waals surface area (Å²) in [5.74, 6) is 2.14. The predicted molar refractivity (Wildman–Crippen MR) is 27.9 cm³/mol. The Labute approximate surface area is 50.1 Å². The molecular weight excluding hydrogens is 131 g/mol. The first-order valence-corrected chi connectivity index (χ1v) is 3.72. The van der Waals surface area contributed by atoms with Crippen LogP contribution in [-0.2, 0) is 14.4 Å². The summed E-state index contributed by atoms with van der Waals surface area (Å²) in [7, 11) is 0. The molecule has 0 heterocycles. The van der Waals surface area contributed by atoms with Gasteiger partial charge < -0.3 is 0 Å². The van der Waals surface area contributed by atoms with Gasteiger partial charge in [0.05, 0.1) is 0 Å². The van der Waals surface area contributed by atoms with Crippen LogP contribution in [0.5, 0.6) is 0 Å². The molecule has 0 saturated carbocycles. The zero-order valence-corrected chi connectivity index (χ0v) is 5.19. The van der Waals surface area contributed by atoms with Gasteiger partial charge in [-0.15, -0.1) is 0 Å². The van der Waals surface area contributed by atoms with Crippen LogP contribution < -0.4 is 0 Å². The van der Waals surface area contributed by atoms with Gasteiger partial charge in [-0.3, -0.25) is 0 Å². The SMILES string of the molecule is [CH3][Ni][CH]1C=CC=C1. The average Bonchev–Trinajstić information content (AvgIpc) is 2.14. The van der Waals surface area contributed by atoms with Crippen LogP contribution in [-0.4, -0.2) is 0 Å². The molecule has 0 bridgehead atoms. The molecule has 7 heavy (non-hydrogen) atoms. The van der Waals surface area contributed by atoms with Crippen LogP contribution in [0.25, 0.3) is 0 Å². The summed E-state index contributed by atoms with van der Waals surface area (Å²) in [6.45, 7) is 0. The van der Waals surface area contributed by atoms with Gasteiger partial charge in [0.25, 0.3) is 0 Å². The number of hydrogen-bond acceptors (Lipinski definition) is 0. The summed E-state index contributed by atoms with van der Waals surface area (Å²) in [6, 6.07) is 0. The third-order valence-corrected chi connectivity index (χ3v) is 1.93. The fourth-order valence-electron chi connectivity index (χ4n) is 0.513. The quantitative estimate of drug-likeness (QED) is 0.487. The maximum atomic E-state index is 2.19. The Bertz CT molecular complexity index is 90.7. The van der Waals surface area contributed by atoms with Crippen molar-refractivity contribution in [1.82, 2.24) is 0 Å². The molecule has 1 rings (SSSR count).